The SMILES string of the molecule is O=C(Nc1ccccc1-c1cn2ccccc2n1)c1cc2cc(Br)ccc2oc1=O. The zero-order chi connectivity index (χ0) is 20.7. The van der Waals surface area contributed by atoms with Crippen LogP contribution in [-0.4, -0.2) is 15.3 Å². The standard InChI is InChI=1S/C23H14BrN3O3/c24-15-8-9-20-14(11-15)12-17(23(29)30-20)22(28)26-18-6-2-1-5-16(18)19-13-27-10-4-3-7-21(27)25-19/h1-13H,(H,26,28). The van der Waals surface area contributed by atoms with Gasteiger partial charge in [-0.3, -0.25) is 4.79 Å². The maximum atomic E-state index is 12.9. The predicted octanol–water partition coefficient (Wildman–Crippen LogP) is 5.12. The lowest BCUT2D eigenvalue weighted by molar-refractivity contribution is 0.102. The van der Waals surface area contributed by atoms with Crippen molar-refractivity contribution in [2.75, 3.05) is 5.32 Å². The molecule has 5 aromatic rings. The zero-order valence-corrected chi connectivity index (χ0v) is 17.1. The number of fused-ring (bicyclic) bond motifs is 2. The van der Waals surface area contributed by atoms with Gasteiger partial charge in [-0.1, -0.05) is 40.2 Å². The van der Waals surface area contributed by atoms with Crippen LogP contribution in [0.5, 0.6) is 0 Å². The maximum absolute atomic E-state index is 12.9. The highest BCUT2D eigenvalue weighted by Crippen LogP contribution is 2.28. The molecule has 0 saturated carbocycles. The Morgan fingerprint density at radius 3 is 2.73 bits per heavy atom. The second-order valence-corrected chi connectivity index (χ2v) is 7.64. The number of anilines is 1. The van der Waals surface area contributed by atoms with Gasteiger partial charge in [-0.25, -0.2) is 9.78 Å². The molecule has 2 aromatic carbocycles. The molecule has 30 heavy (non-hydrogen) atoms. The summed E-state index contributed by atoms with van der Waals surface area (Å²) in [4.78, 5) is 29.9. The Hall–Kier alpha value is -3.71. The number of carbonyl (C=O) groups is 1. The molecule has 0 spiro atoms. The second-order valence-electron chi connectivity index (χ2n) is 6.72. The van der Waals surface area contributed by atoms with Gasteiger partial charge in [0.25, 0.3) is 5.91 Å². The van der Waals surface area contributed by atoms with Gasteiger partial charge >= 0.3 is 5.63 Å². The third kappa shape index (κ3) is 3.29. The quantitative estimate of drug-likeness (QED) is 0.379. The molecule has 0 unspecified atom stereocenters. The zero-order valence-electron chi connectivity index (χ0n) is 15.5. The molecule has 0 saturated heterocycles. The summed E-state index contributed by atoms with van der Waals surface area (Å²) in [5, 5.41) is 3.49. The van der Waals surface area contributed by atoms with Crippen LogP contribution >= 0.6 is 15.9 Å². The van der Waals surface area contributed by atoms with Gasteiger partial charge in [0.15, 0.2) is 0 Å². The molecule has 7 heteroatoms. The number of benzene rings is 2. The second kappa shape index (κ2) is 7.27. The number of nitrogens with zero attached hydrogens (tertiary/aromatic N) is 2. The first-order valence-corrected chi connectivity index (χ1v) is 9.96. The highest BCUT2D eigenvalue weighted by Gasteiger charge is 2.17. The van der Waals surface area contributed by atoms with Crippen LogP contribution in [-0.2, 0) is 0 Å². The number of para-hydroxylation sites is 1. The van der Waals surface area contributed by atoms with Crippen LogP contribution in [0.2, 0.25) is 0 Å². The fourth-order valence-electron chi connectivity index (χ4n) is 3.32. The molecule has 3 aromatic heterocycles. The van der Waals surface area contributed by atoms with Crippen molar-refractivity contribution in [3.63, 3.8) is 0 Å². The number of imidazole rings is 1. The summed E-state index contributed by atoms with van der Waals surface area (Å²) in [6.45, 7) is 0. The lowest BCUT2D eigenvalue weighted by atomic mass is 10.1. The molecular weight excluding hydrogens is 446 g/mol. The molecule has 0 atom stereocenters. The number of rotatable bonds is 3. The van der Waals surface area contributed by atoms with Crippen LogP contribution in [0.1, 0.15) is 10.4 Å². The molecule has 0 aliphatic heterocycles. The van der Waals surface area contributed by atoms with Crippen LogP contribution in [0.3, 0.4) is 0 Å². The molecule has 1 amide bonds. The van der Waals surface area contributed by atoms with Gasteiger partial charge in [-0.05, 0) is 42.5 Å². The molecule has 3 heterocycles. The lowest BCUT2D eigenvalue weighted by Gasteiger charge is -2.09. The van der Waals surface area contributed by atoms with Gasteiger partial charge in [0.1, 0.15) is 16.8 Å². The molecule has 0 bridgehead atoms. The first-order valence-electron chi connectivity index (χ1n) is 9.16. The van der Waals surface area contributed by atoms with Gasteiger partial charge < -0.3 is 14.1 Å². The third-order valence-corrected chi connectivity index (χ3v) is 5.25. The Labute approximate surface area is 178 Å². The van der Waals surface area contributed by atoms with Crippen LogP contribution in [0.4, 0.5) is 5.69 Å². The molecule has 6 nitrogen and oxygen atoms in total. The van der Waals surface area contributed by atoms with E-state index in [1.54, 1.807) is 24.3 Å². The van der Waals surface area contributed by atoms with Gasteiger partial charge in [-0.2, -0.15) is 0 Å². The molecule has 0 aliphatic carbocycles. The lowest BCUT2D eigenvalue weighted by Crippen LogP contribution is -2.21. The summed E-state index contributed by atoms with van der Waals surface area (Å²) in [5.41, 5.74) is 2.49. The summed E-state index contributed by atoms with van der Waals surface area (Å²) < 4.78 is 8.04. The van der Waals surface area contributed by atoms with Crippen LogP contribution < -0.4 is 10.9 Å². The van der Waals surface area contributed by atoms with Crippen molar-refractivity contribution < 1.29 is 9.21 Å². The van der Waals surface area contributed by atoms with E-state index in [9.17, 15) is 9.59 Å². The smallest absolute Gasteiger partial charge is 0.349 e. The Kier molecular flexibility index (Phi) is 4.44. The van der Waals surface area contributed by atoms with E-state index in [0.717, 1.165) is 15.7 Å². The molecule has 0 fully saturated rings. The van der Waals surface area contributed by atoms with E-state index < -0.39 is 11.5 Å². The van der Waals surface area contributed by atoms with Crippen LogP contribution in [0.15, 0.2) is 92.8 Å². The van der Waals surface area contributed by atoms with E-state index in [4.69, 9.17) is 4.42 Å². The van der Waals surface area contributed by atoms with Crippen molar-refractivity contribution in [2.45, 2.75) is 0 Å². The molecule has 146 valence electrons. The van der Waals surface area contributed by atoms with E-state index in [0.29, 0.717) is 22.4 Å². The fourth-order valence-corrected chi connectivity index (χ4v) is 3.70. The number of hydrogen-bond acceptors (Lipinski definition) is 4. The van der Waals surface area contributed by atoms with E-state index in [-0.39, 0.29) is 5.56 Å². The molecule has 1 N–H and O–H groups in total. The summed E-state index contributed by atoms with van der Waals surface area (Å²) in [7, 11) is 0. The van der Waals surface area contributed by atoms with Crippen LogP contribution in [0, 0.1) is 0 Å². The summed E-state index contributed by atoms with van der Waals surface area (Å²) in [5.74, 6) is -0.540. The summed E-state index contributed by atoms with van der Waals surface area (Å²) >= 11 is 3.39. The number of nitrogens with one attached hydrogen (secondary N) is 1. The Morgan fingerprint density at radius 1 is 1.03 bits per heavy atom. The Balaban J connectivity index is 1.54. The molecular formula is C23H14BrN3O3. The molecule has 0 aliphatic rings. The first-order chi connectivity index (χ1) is 14.6. The van der Waals surface area contributed by atoms with E-state index in [1.165, 1.54) is 6.07 Å². The number of amides is 1. The van der Waals surface area contributed by atoms with E-state index in [2.05, 4.69) is 26.2 Å². The van der Waals surface area contributed by atoms with Crippen molar-refractivity contribution in [3.8, 4) is 11.3 Å². The number of pyridine rings is 1. The Morgan fingerprint density at radius 2 is 1.87 bits per heavy atom. The maximum Gasteiger partial charge on any atom is 0.349 e. The average Bonchev–Trinajstić information content (AvgIpc) is 3.18. The van der Waals surface area contributed by atoms with Crippen molar-refractivity contribution in [3.05, 3.63) is 99.6 Å². The van der Waals surface area contributed by atoms with Gasteiger partial charge in [0.05, 0.1) is 11.4 Å². The number of carbonyl (C=O) groups excluding carboxylic acids is 1. The number of halogens is 1. The highest BCUT2D eigenvalue weighted by atomic mass is 79.9. The van der Waals surface area contributed by atoms with E-state index in [1.807, 2.05) is 53.2 Å². The number of aromatic nitrogens is 2. The van der Waals surface area contributed by atoms with Gasteiger partial charge in [0, 0.05) is 27.8 Å². The minimum Gasteiger partial charge on any atom is -0.422 e. The minimum atomic E-state index is -0.687. The first kappa shape index (κ1) is 18.3. The monoisotopic (exact) mass is 459 g/mol. The fraction of sp³-hybridized carbons (Fsp3) is 0. The third-order valence-electron chi connectivity index (χ3n) is 4.75. The Bertz CT molecular complexity index is 1450. The van der Waals surface area contributed by atoms with Gasteiger partial charge in [-0.15, -0.1) is 0 Å². The minimum absolute atomic E-state index is 0.0644. The summed E-state index contributed by atoms with van der Waals surface area (Å²) in [6.07, 6.45) is 3.80. The van der Waals surface area contributed by atoms with Crippen LogP contribution in [0.25, 0.3) is 27.9 Å². The predicted molar refractivity (Wildman–Crippen MR) is 119 cm³/mol. The summed E-state index contributed by atoms with van der Waals surface area (Å²) in [6, 6.07) is 19.9. The number of hydrogen-bond donors (Lipinski definition) is 1. The molecule has 5 rings (SSSR count). The van der Waals surface area contributed by atoms with Crippen molar-refractivity contribution >= 4 is 44.1 Å². The average molecular weight is 460 g/mol. The molecule has 0 radical (unpaired) electrons. The normalized spacial score (nSPS) is 11.1. The topological polar surface area (TPSA) is 76.6 Å². The van der Waals surface area contributed by atoms with Crippen molar-refractivity contribution in [1.29, 1.82) is 0 Å². The van der Waals surface area contributed by atoms with Crippen molar-refractivity contribution in [2.24, 2.45) is 0 Å². The van der Waals surface area contributed by atoms with E-state index >= 15 is 0 Å². The van der Waals surface area contributed by atoms with Gasteiger partial charge in [0.2, 0.25) is 0 Å². The van der Waals surface area contributed by atoms with Crippen molar-refractivity contribution in [1.82, 2.24) is 9.38 Å². The highest BCUT2D eigenvalue weighted by molar-refractivity contribution is 9.10. The largest absolute Gasteiger partial charge is 0.422 e.